The van der Waals surface area contributed by atoms with Gasteiger partial charge in [-0.3, -0.25) is 4.90 Å². The summed E-state index contributed by atoms with van der Waals surface area (Å²) in [6.45, 7) is 2.79. The third kappa shape index (κ3) is 3.09. The van der Waals surface area contributed by atoms with Crippen molar-refractivity contribution >= 4 is 0 Å². The van der Waals surface area contributed by atoms with Crippen LogP contribution in [0.25, 0.3) is 0 Å². The molecular weight excluding hydrogens is 242 g/mol. The lowest BCUT2D eigenvalue weighted by Gasteiger charge is -2.26. The topological polar surface area (TPSA) is 71.5 Å². The van der Waals surface area contributed by atoms with Gasteiger partial charge in [-0.2, -0.15) is 5.26 Å². The highest BCUT2D eigenvalue weighted by atomic mass is 16.5. The molecule has 0 radical (unpaired) electrons. The molecule has 19 heavy (non-hydrogen) atoms. The smallest absolute Gasteiger partial charge is 0.107 e. The summed E-state index contributed by atoms with van der Waals surface area (Å²) in [7, 11) is 3.47. The van der Waals surface area contributed by atoms with Gasteiger partial charge >= 0.3 is 0 Å². The Kier molecular flexibility index (Phi) is 4.80. The highest BCUT2D eigenvalue weighted by Gasteiger charge is 2.40. The fourth-order valence-corrected chi connectivity index (χ4v) is 3.44. The van der Waals surface area contributed by atoms with E-state index in [1.807, 2.05) is 0 Å². The number of nitrogens with zero attached hydrogens (tertiary/aromatic N) is 2. The number of hydrogen-bond donors (Lipinski definition) is 1. The van der Waals surface area contributed by atoms with Gasteiger partial charge in [0.1, 0.15) is 5.54 Å². The number of ether oxygens (including phenoxy) is 2. The number of nitriles is 1. The maximum absolute atomic E-state index is 9.22. The van der Waals surface area contributed by atoms with Crippen LogP contribution in [0.2, 0.25) is 0 Å². The first kappa shape index (κ1) is 14.7. The Balaban J connectivity index is 1.82. The molecule has 2 fully saturated rings. The van der Waals surface area contributed by atoms with Gasteiger partial charge in [0.25, 0.3) is 0 Å². The summed E-state index contributed by atoms with van der Waals surface area (Å²) in [5.41, 5.74) is 5.57. The zero-order valence-electron chi connectivity index (χ0n) is 12.0. The number of nitrogens with two attached hydrogens (primary N) is 1. The summed E-state index contributed by atoms with van der Waals surface area (Å²) in [5, 5.41) is 9.22. The maximum atomic E-state index is 9.22. The number of hydrogen-bond acceptors (Lipinski definition) is 5. The monoisotopic (exact) mass is 267 g/mol. The predicted octanol–water partition coefficient (Wildman–Crippen LogP) is 0.743. The molecule has 2 rings (SSSR count). The number of rotatable bonds is 5. The van der Waals surface area contributed by atoms with E-state index in [2.05, 4.69) is 11.0 Å². The van der Waals surface area contributed by atoms with E-state index in [4.69, 9.17) is 15.2 Å². The minimum atomic E-state index is -0.596. The fraction of sp³-hybridized carbons (Fsp3) is 0.929. The van der Waals surface area contributed by atoms with Gasteiger partial charge < -0.3 is 15.2 Å². The molecule has 1 heterocycles. The molecular formula is C14H25N3O2. The van der Waals surface area contributed by atoms with Crippen LogP contribution in [0, 0.1) is 17.2 Å². The summed E-state index contributed by atoms with van der Waals surface area (Å²) in [6, 6.07) is 2.32. The second-order valence-electron chi connectivity index (χ2n) is 5.84. The Morgan fingerprint density at radius 3 is 2.47 bits per heavy atom. The Morgan fingerprint density at radius 1 is 1.32 bits per heavy atom. The number of likely N-dealkylation sites (tertiary alicyclic amines) is 1. The van der Waals surface area contributed by atoms with Gasteiger partial charge in [-0.1, -0.05) is 6.42 Å². The molecule has 0 aromatic heterocycles. The van der Waals surface area contributed by atoms with E-state index in [-0.39, 0.29) is 12.2 Å². The average Bonchev–Trinajstić information content (AvgIpc) is 3.00. The Hall–Kier alpha value is -0.670. The van der Waals surface area contributed by atoms with Crippen molar-refractivity contribution in [1.29, 1.82) is 5.26 Å². The van der Waals surface area contributed by atoms with Crippen LogP contribution in [-0.2, 0) is 9.47 Å². The van der Waals surface area contributed by atoms with Crippen LogP contribution in [-0.4, -0.2) is 56.5 Å². The quantitative estimate of drug-likeness (QED) is 0.795. The Labute approximate surface area is 115 Å². The van der Waals surface area contributed by atoms with Crippen molar-refractivity contribution in [2.24, 2.45) is 11.7 Å². The third-order valence-corrected chi connectivity index (χ3v) is 4.77. The van der Waals surface area contributed by atoms with E-state index < -0.39 is 5.54 Å². The summed E-state index contributed by atoms with van der Waals surface area (Å²) in [5.74, 6) is 0.333. The maximum Gasteiger partial charge on any atom is 0.107 e. The van der Waals surface area contributed by atoms with E-state index in [0.717, 1.165) is 45.3 Å². The SMILES string of the molecule is COC1CN(CCC2CCCC2(N)C#N)CC1OC. The molecule has 5 nitrogen and oxygen atoms in total. The molecule has 1 aliphatic carbocycles. The average molecular weight is 267 g/mol. The predicted molar refractivity (Wildman–Crippen MR) is 72.5 cm³/mol. The summed E-state index contributed by atoms with van der Waals surface area (Å²) in [4.78, 5) is 2.36. The zero-order chi connectivity index (χ0) is 13.9. The first-order valence-electron chi connectivity index (χ1n) is 7.11. The van der Waals surface area contributed by atoms with Crippen molar-refractivity contribution in [1.82, 2.24) is 4.90 Å². The first-order valence-corrected chi connectivity index (χ1v) is 7.11. The van der Waals surface area contributed by atoms with E-state index in [0.29, 0.717) is 5.92 Å². The molecule has 1 saturated carbocycles. The second-order valence-corrected chi connectivity index (χ2v) is 5.84. The second kappa shape index (κ2) is 6.19. The molecule has 0 spiro atoms. The molecule has 1 aliphatic heterocycles. The van der Waals surface area contributed by atoms with Gasteiger partial charge in [0.15, 0.2) is 0 Å². The lowest BCUT2D eigenvalue weighted by atomic mass is 9.87. The van der Waals surface area contributed by atoms with Gasteiger partial charge in [-0.05, 0) is 31.7 Å². The molecule has 4 unspecified atom stereocenters. The van der Waals surface area contributed by atoms with Gasteiger partial charge in [0.05, 0.1) is 18.3 Å². The Morgan fingerprint density at radius 2 is 1.95 bits per heavy atom. The minimum absolute atomic E-state index is 0.159. The largest absolute Gasteiger partial charge is 0.377 e. The van der Waals surface area contributed by atoms with Crippen LogP contribution in [0.5, 0.6) is 0 Å². The highest BCUT2D eigenvalue weighted by molar-refractivity contribution is 5.12. The van der Waals surface area contributed by atoms with Crippen molar-refractivity contribution in [2.45, 2.75) is 43.4 Å². The standard InChI is InChI=1S/C14H25N3O2/c1-18-12-8-17(9-13(12)19-2)7-5-11-4-3-6-14(11,16)10-15/h11-13H,3-9,16H2,1-2H3. The zero-order valence-corrected chi connectivity index (χ0v) is 12.0. The van der Waals surface area contributed by atoms with E-state index >= 15 is 0 Å². The molecule has 5 heteroatoms. The normalized spacial score (nSPS) is 39.6. The summed E-state index contributed by atoms with van der Waals surface area (Å²) in [6.07, 6.45) is 4.32. The van der Waals surface area contributed by atoms with Crippen LogP contribution in [0.15, 0.2) is 0 Å². The van der Waals surface area contributed by atoms with Crippen molar-refractivity contribution < 1.29 is 9.47 Å². The van der Waals surface area contributed by atoms with Gasteiger partial charge in [-0.25, -0.2) is 0 Å². The van der Waals surface area contributed by atoms with Gasteiger partial charge in [-0.15, -0.1) is 0 Å². The minimum Gasteiger partial charge on any atom is -0.377 e. The molecule has 0 amide bonds. The third-order valence-electron chi connectivity index (χ3n) is 4.77. The lowest BCUT2D eigenvalue weighted by molar-refractivity contribution is -0.00461. The van der Waals surface area contributed by atoms with Crippen molar-refractivity contribution in [2.75, 3.05) is 33.9 Å². The van der Waals surface area contributed by atoms with Gasteiger partial charge in [0, 0.05) is 27.3 Å². The molecule has 108 valence electrons. The summed E-state index contributed by atoms with van der Waals surface area (Å²) >= 11 is 0. The van der Waals surface area contributed by atoms with Crippen LogP contribution >= 0.6 is 0 Å². The lowest BCUT2D eigenvalue weighted by Crippen LogP contribution is -2.43. The van der Waals surface area contributed by atoms with E-state index in [9.17, 15) is 5.26 Å². The van der Waals surface area contributed by atoms with Crippen LogP contribution < -0.4 is 5.73 Å². The first-order chi connectivity index (χ1) is 9.12. The molecule has 0 bridgehead atoms. The van der Waals surface area contributed by atoms with E-state index in [1.165, 1.54) is 0 Å². The molecule has 4 atom stereocenters. The van der Waals surface area contributed by atoms with E-state index in [1.54, 1.807) is 14.2 Å². The van der Waals surface area contributed by atoms with Crippen molar-refractivity contribution in [3.05, 3.63) is 0 Å². The number of methoxy groups -OCH3 is 2. The van der Waals surface area contributed by atoms with Gasteiger partial charge in [0.2, 0.25) is 0 Å². The highest BCUT2D eigenvalue weighted by Crippen LogP contribution is 2.35. The van der Waals surface area contributed by atoms with Crippen molar-refractivity contribution in [3.63, 3.8) is 0 Å². The van der Waals surface area contributed by atoms with Crippen LogP contribution in [0.4, 0.5) is 0 Å². The molecule has 2 aliphatic rings. The summed E-state index contributed by atoms with van der Waals surface area (Å²) < 4.78 is 10.9. The van der Waals surface area contributed by atoms with Crippen LogP contribution in [0.1, 0.15) is 25.7 Å². The van der Waals surface area contributed by atoms with Crippen LogP contribution in [0.3, 0.4) is 0 Å². The Bertz CT molecular complexity index is 332. The molecule has 1 saturated heterocycles. The molecule has 0 aromatic carbocycles. The van der Waals surface area contributed by atoms with Crippen molar-refractivity contribution in [3.8, 4) is 6.07 Å². The molecule has 2 N–H and O–H groups in total. The molecule has 0 aromatic rings. The fourth-order valence-electron chi connectivity index (χ4n) is 3.44.